The lowest BCUT2D eigenvalue weighted by Gasteiger charge is -2.25. The average molecular weight is 290 g/mol. The van der Waals surface area contributed by atoms with E-state index in [0.29, 0.717) is 23.2 Å². The molecule has 1 aliphatic heterocycles. The molecule has 1 aromatic heterocycles. The summed E-state index contributed by atoms with van der Waals surface area (Å²) in [6, 6.07) is 5.39. The van der Waals surface area contributed by atoms with Gasteiger partial charge in [0.25, 0.3) is 11.7 Å². The second-order valence-electron chi connectivity index (χ2n) is 5.35. The molecule has 1 saturated heterocycles. The lowest BCUT2D eigenvalue weighted by molar-refractivity contribution is -0.384. The molecule has 2 aromatic rings. The maximum Gasteiger partial charge on any atom is 0.298 e. The van der Waals surface area contributed by atoms with Gasteiger partial charge in [-0.25, -0.2) is 0 Å². The van der Waals surface area contributed by atoms with Crippen molar-refractivity contribution in [3.8, 4) is 0 Å². The summed E-state index contributed by atoms with van der Waals surface area (Å²) < 4.78 is 5.73. The van der Waals surface area contributed by atoms with Crippen LogP contribution in [-0.2, 0) is 0 Å². The maximum absolute atomic E-state index is 10.8. The molecule has 0 saturated carbocycles. The number of oxazole rings is 1. The molecule has 0 radical (unpaired) electrons. The van der Waals surface area contributed by atoms with Crippen LogP contribution in [0.5, 0.6) is 0 Å². The second-order valence-corrected chi connectivity index (χ2v) is 5.35. The van der Waals surface area contributed by atoms with Crippen molar-refractivity contribution in [2.75, 3.05) is 25.0 Å². The Morgan fingerprint density at radius 3 is 3.10 bits per heavy atom. The first kappa shape index (κ1) is 13.8. The van der Waals surface area contributed by atoms with Crippen molar-refractivity contribution in [1.29, 1.82) is 0 Å². The highest BCUT2D eigenvalue weighted by atomic mass is 16.6. The fourth-order valence-corrected chi connectivity index (χ4v) is 2.71. The van der Waals surface area contributed by atoms with E-state index in [0.717, 1.165) is 32.4 Å². The van der Waals surface area contributed by atoms with E-state index in [1.54, 1.807) is 6.07 Å². The van der Waals surface area contributed by atoms with Crippen molar-refractivity contribution in [3.63, 3.8) is 0 Å². The Morgan fingerprint density at radius 2 is 2.29 bits per heavy atom. The third-order valence-electron chi connectivity index (χ3n) is 3.97. The van der Waals surface area contributed by atoms with Gasteiger partial charge < -0.3 is 14.6 Å². The highest BCUT2D eigenvalue weighted by Crippen LogP contribution is 2.27. The van der Waals surface area contributed by atoms with Crippen molar-refractivity contribution < 1.29 is 9.34 Å². The minimum atomic E-state index is -0.422. The Morgan fingerprint density at radius 1 is 1.43 bits per heavy atom. The van der Waals surface area contributed by atoms with E-state index in [2.05, 4.69) is 10.3 Å². The van der Waals surface area contributed by atoms with Crippen LogP contribution in [-0.4, -0.2) is 36.1 Å². The van der Waals surface area contributed by atoms with Crippen molar-refractivity contribution >= 4 is 22.8 Å². The monoisotopic (exact) mass is 290 g/mol. The quantitative estimate of drug-likeness (QED) is 0.689. The number of nitro groups is 1. The zero-order valence-corrected chi connectivity index (χ0v) is 11.9. The molecule has 0 amide bonds. The number of hydrogen-bond donors (Lipinski definition) is 1. The Kier molecular flexibility index (Phi) is 3.74. The summed E-state index contributed by atoms with van der Waals surface area (Å²) in [5.41, 5.74) is 1.13. The van der Waals surface area contributed by atoms with Crippen LogP contribution in [0.2, 0.25) is 0 Å². The molecule has 1 atom stereocenters. The topological polar surface area (TPSA) is 84.4 Å². The number of hydrogen-bond acceptors (Lipinski definition) is 6. The molecule has 3 rings (SSSR count). The summed E-state index contributed by atoms with van der Waals surface area (Å²) in [5.74, 6) is 0. The Bertz CT molecular complexity index is 647. The van der Waals surface area contributed by atoms with E-state index in [4.69, 9.17) is 4.42 Å². The van der Waals surface area contributed by atoms with Crippen LogP contribution in [0.1, 0.15) is 19.3 Å². The van der Waals surface area contributed by atoms with Gasteiger partial charge in [-0.15, -0.1) is 0 Å². The molecule has 7 nitrogen and oxygen atoms in total. The third kappa shape index (κ3) is 2.82. The van der Waals surface area contributed by atoms with Crippen LogP contribution < -0.4 is 10.2 Å². The van der Waals surface area contributed by atoms with E-state index < -0.39 is 4.92 Å². The van der Waals surface area contributed by atoms with E-state index in [1.165, 1.54) is 12.1 Å². The van der Waals surface area contributed by atoms with Gasteiger partial charge in [-0.3, -0.25) is 10.1 Å². The van der Waals surface area contributed by atoms with Gasteiger partial charge in [-0.2, -0.15) is 4.98 Å². The molecule has 0 spiro atoms. The Labute approximate surface area is 122 Å². The maximum atomic E-state index is 10.8. The van der Waals surface area contributed by atoms with Gasteiger partial charge in [-0.1, -0.05) is 0 Å². The number of fused-ring (bicyclic) bond motifs is 1. The number of benzene rings is 1. The molecule has 1 aromatic carbocycles. The first-order chi connectivity index (χ1) is 10.1. The summed E-state index contributed by atoms with van der Waals surface area (Å²) >= 11 is 0. The van der Waals surface area contributed by atoms with Crippen molar-refractivity contribution in [3.05, 3.63) is 28.3 Å². The van der Waals surface area contributed by atoms with Gasteiger partial charge in [-0.05, 0) is 38.4 Å². The molecule has 2 heterocycles. The summed E-state index contributed by atoms with van der Waals surface area (Å²) in [6.45, 7) is 2.03. The molecular formula is C14H18N4O3. The van der Waals surface area contributed by atoms with E-state index in [-0.39, 0.29) is 5.69 Å². The molecule has 7 heteroatoms. The predicted molar refractivity (Wildman–Crippen MR) is 79.6 cm³/mol. The number of aromatic nitrogens is 1. The van der Waals surface area contributed by atoms with Gasteiger partial charge in [0.2, 0.25) is 0 Å². The Hall–Kier alpha value is -2.15. The van der Waals surface area contributed by atoms with Crippen molar-refractivity contribution in [2.24, 2.45) is 0 Å². The number of non-ortho nitro benzene ring substituents is 1. The number of nitrogens with one attached hydrogen (secondary N) is 1. The normalized spacial score (nSPS) is 19.4. The van der Waals surface area contributed by atoms with Gasteiger partial charge in [0.1, 0.15) is 5.52 Å². The number of nitro benzene ring substituents is 1. The van der Waals surface area contributed by atoms with Crippen LogP contribution in [0.4, 0.5) is 11.7 Å². The van der Waals surface area contributed by atoms with E-state index in [1.807, 2.05) is 11.9 Å². The van der Waals surface area contributed by atoms with E-state index in [9.17, 15) is 10.1 Å². The van der Waals surface area contributed by atoms with E-state index >= 15 is 0 Å². The zero-order chi connectivity index (χ0) is 14.8. The highest BCUT2D eigenvalue weighted by Gasteiger charge is 2.21. The summed E-state index contributed by atoms with van der Waals surface area (Å²) in [5, 5.41) is 14.2. The fourth-order valence-electron chi connectivity index (χ4n) is 2.71. The first-order valence-corrected chi connectivity index (χ1v) is 7.13. The van der Waals surface area contributed by atoms with Crippen LogP contribution in [0.25, 0.3) is 11.1 Å². The second kappa shape index (κ2) is 5.69. The number of nitrogens with zero attached hydrogens (tertiary/aromatic N) is 3. The summed E-state index contributed by atoms with van der Waals surface area (Å²) in [6.07, 6.45) is 3.25. The van der Waals surface area contributed by atoms with Gasteiger partial charge in [0.15, 0.2) is 5.58 Å². The molecule has 1 N–H and O–H groups in total. The molecule has 0 aliphatic carbocycles. The SMILES string of the molecule is CN(c1nc2cc([N+](=O)[O-])ccc2o1)C1CCCNCC1. The molecule has 1 fully saturated rings. The molecule has 112 valence electrons. The summed E-state index contributed by atoms with van der Waals surface area (Å²) in [7, 11) is 1.97. The Balaban J connectivity index is 1.87. The van der Waals surface area contributed by atoms with Crippen molar-refractivity contribution in [1.82, 2.24) is 10.3 Å². The largest absolute Gasteiger partial charge is 0.423 e. The van der Waals surface area contributed by atoms with Crippen molar-refractivity contribution in [2.45, 2.75) is 25.3 Å². The molecule has 1 unspecified atom stereocenters. The number of rotatable bonds is 3. The molecule has 21 heavy (non-hydrogen) atoms. The standard InChI is InChI=1S/C14H18N4O3/c1-17(10-3-2-7-15-8-6-10)14-16-12-9-11(18(19)20)4-5-13(12)21-14/h4-5,9-10,15H,2-3,6-8H2,1H3. The average Bonchev–Trinajstić information content (AvgIpc) is 2.71. The van der Waals surface area contributed by atoms with Gasteiger partial charge >= 0.3 is 0 Å². The molecule has 1 aliphatic rings. The smallest absolute Gasteiger partial charge is 0.298 e. The molecule has 0 bridgehead atoms. The van der Waals surface area contributed by atoms with Crippen LogP contribution >= 0.6 is 0 Å². The van der Waals surface area contributed by atoms with Gasteiger partial charge in [0.05, 0.1) is 4.92 Å². The minimum Gasteiger partial charge on any atom is -0.423 e. The lowest BCUT2D eigenvalue weighted by Crippen LogP contribution is -2.32. The third-order valence-corrected chi connectivity index (χ3v) is 3.97. The summed E-state index contributed by atoms with van der Waals surface area (Å²) in [4.78, 5) is 16.8. The first-order valence-electron chi connectivity index (χ1n) is 7.13. The van der Waals surface area contributed by atoms with Crippen LogP contribution in [0.3, 0.4) is 0 Å². The predicted octanol–water partition coefficient (Wildman–Crippen LogP) is 2.31. The van der Waals surface area contributed by atoms with Crippen LogP contribution in [0.15, 0.2) is 22.6 Å². The van der Waals surface area contributed by atoms with Crippen LogP contribution in [0, 0.1) is 10.1 Å². The number of anilines is 1. The zero-order valence-electron chi connectivity index (χ0n) is 11.9. The highest BCUT2D eigenvalue weighted by molar-refractivity contribution is 5.77. The lowest BCUT2D eigenvalue weighted by atomic mass is 10.1. The van der Waals surface area contributed by atoms with Gasteiger partial charge in [0, 0.05) is 25.2 Å². The molecular weight excluding hydrogens is 272 g/mol. The fraction of sp³-hybridized carbons (Fsp3) is 0.500. The minimum absolute atomic E-state index is 0.0312.